The minimum atomic E-state index is -0.00815. The SMILES string of the molecule is COC(=O)[C@H]1C[C@@H]2CNC[C@H]1C2. The quantitative estimate of drug-likeness (QED) is 0.578. The molecule has 12 heavy (non-hydrogen) atoms. The monoisotopic (exact) mass is 169 g/mol. The van der Waals surface area contributed by atoms with Crippen LogP contribution in [0.2, 0.25) is 0 Å². The first-order chi connectivity index (χ1) is 5.81. The van der Waals surface area contributed by atoms with E-state index >= 15 is 0 Å². The second-order valence-electron chi connectivity index (χ2n) is 3.89. The number of ether oxygens (including phenoxy) is 1. The molecule has 2 rings (SSSR count). The lowest BCUT2D eigenvalue weighted by Crippen LogP contribution is -2.33. The Labute approximate surface area is 72.5 Å². The van der Waals surface area contributed by atoms with Gasteiger partial charge in [-0.05, 0) is 37.8 Å². The van der Waals surface area contributed by atoms with Crippen LogP contribution in [0.1, 0.15) is 12.8 Å². The maximum absolute atomic E-state index is 11.3. The lowest BCUT2D eigenvalue weighted by atomic mass is 9.95. The van der Waals surface area contributed by atoms with Gasteiger partial charge in [0.15, 0.2) is 0 Å². The molecule has 1 saturated carbocycles. The van der Waals surface area contributed by atoms with Gasteiger partial charge in [-0.2, -0.15) is 0 Å². The minimum absolute atomic E-state index is 0.00815. The molecule has 1 aliphatic heterocycles. The summed E-state index contributed by atoms with van der Waals surface area (Å²) in [4.78, 5) is 11.3. The summed E-state index contributed by atoms with van der Waals surface area (Å²) in [6.07, 6.45) is 2.25. The second kappa shape index (κ2) is 3.05. The molecule has 3 heteroatoms. The Morgan fingerprint density at radius 2 is 2.25 bits per heavy atom. The van der Waals surface area contributed by atoms with E-state index in [9.17, 15) is 4.79 Å². The number of fused-ring (bicyclic) bond motifs is 2. The lowest BCUT2D eigenvalue weighted by molar-refractivity contribution is -0.146. The predicted molar refractivity (Wildman–Crippen MR) is 44.6 cm³/mol. The summed E-state index contributed by atoms with van der Waals surface area (Å²) >= 11 is 0. The van der Waals surface area contributed by atoms with Gasteiger partial charge in [-0.1, -0.05) is 0 Å². The molecular weight excluding hydrogens is 154 g/mol. The molecule has 3 nitrogen and oxygen atoms in total. The first kappa shape index (κ1) is 8.05. The number of hydrogen-bond donors (Lipinski definition) is 1. The summed E-state index contributed by atoms with van der Waals surface area (Å²) < 4.78 is 4.78. The Bertz CT molecular complexity index is 193. The van der Waals surface area contributed by atoms with Crippen LogP contribution in [0.25, 0.3) is 0 Å². The number of nitrogens with one attached hydrogen (secondary N) is 1. The molecule has 1 aliphatic carbocycles. The first-order valence-corrected chi connectivity index (χ1v) is 4.60. The Morgan fingerprint density at radius 3 is 2.92 bits per heavy atom. The zero-order valence-electron chi connectivity index (χ0n) is 7.38. The van der Waals surface area contributed by atoms with Gasteiger partial charge < -0.3 is 10.1 Å². The highest BCUT2D eigenvalue weighted by atomic mass is 16.5. The van der Waals surface area contributed by atoms with Gasteiger partial charge in [-0.25, -0.2) is 0 Å². The van der Waals surface area contributed by atoms with Gasteiger partial charge in [0.2, 0.25) is 0 Å². The van der Waals surface area contributed by atoms with Crippen molar-refractivity contribution >= 4 is 5.97 Å². The van der Waals surface area contributed by atoms with Crippen LogP contribution in [0, 0.1) is 17.8 Å². The fourth-order valence-corrected chi connectivity index (χ4v) is 2.55. The minimum Gasteiger partial charge on any atom is -0.469 e. The van der Waals surface area contributed by atoms with Crippen molar-refractivity contribution in [2.45, 2.75) is 12.8 Å². The molecular formula is C9H15NO2. The van der Waals surface area contributed by atoms with Crippen LogP contribution in [0.15, 0.2) is 0 Å². The van der Waals surface area contributed by atoms with Crippen LogP contribution < -0.4 is 5.32 Å². The molecule has 0 aromatic heterocycles. The van der Waals surface area contributed by atoms with Crippen molar-refractivity contribution in [2.75, 3.05) is 20.2 Å². The van der Waals surface area contributed by atoms with Crippen LogP contribution >= 0.6 is 0 Å². The van der Waals surface area contributed by atoms with E-state index in [1.807, 2.05) is 0 Å². The summed E-state index contributed by atoms with van der Waals surface area (Å²) in [5.41, 5.74) is 0. The van der Waals surface area contributed by atoms with Crippen molar-refractivity contribution in [3.8, 4) is 0 Å². The van der Waals surface area contributed by atoms with E-state index < -0.39 is 0 Å². The van der Waals surface area contributed by atoms with Gasteiger partial charge in [-0.15, -0.1) is 0 Å². The van der Waals surface area contributed by atoms with E-state index in [0.717, 1.165) is 19.5 Å². The second-order valence-corrected chi connectivity index (χ2v) is 3.89. The van der Waals surface area contributed by atoms with Crippen LogP contribution in [0.4, 0.5) is 0 Å². The molecule has 2 fully saturated rings. The van der Waals surface area contributed by atoms with Gasteiger partial charge in [0.05, 0.1) is 13.0 Å². The van der Waals surface area contributed by atoms with Gasteiger partial charge in [0.25, 0.3) is 0 Å². The van der Waals surface area contributed by atoms with Crippen molar-refractivity contribution in [1.82, 2.24) is 5.32 Å². The van der Waals surface area contributed by atoms with Crippen molar-refractivity contribution in [1.29, 1.82) is 0 Å². The summed E-state index contributed by atoms with van der Waals surface area (Å²) in [6.45, 7) is 2.08. The molecule has 68 valence electrons. The van der Waals surface area contributed by atoms with Crippen LogP contribution in [-0.2, 0) is 9.53 Å². The van der Waals surface area contributed by atoms with Crippen LogP contribution in [0.3, 0.4) is 0 Å². The van der Waals surface area contributed by atoms with E-state index in [1.54, 1.807) is 0 Å². The number of esters is 1. The zero-order chi connectivity index (χ0) is 8.55. The molecule has 0 aromatic rings. The molecule has 0 radical (unpaired) electrons. The van der Waals surface area contributed by atoms with Crippen LogP contribution in [0.5, 0.6) is 0 Å². The van der Waals surface area contributed by atoms with E-state index in [0.29, 0.717) is 11.8 Å². The summed E-state index contributed by atoms with van der Waals surface area (Å²) in [6, 6.07) is 0. The lowest BCUT2D eigenvalue weighted by Gasteiger charge is -2.20. The highest BCUT2D eigenvalue weighted by molar-refractivity contribution is 5.73. The third-order valence-electron chi connectivity index (χ3n) is 3.14. The standard InChI is InChI=1S/C9H15NO2/c1-12-9(11)8-3-6-2-7(8)5-10-4-6/h6-8,10H,2-5H2,1H3/t6-,7-,8+/m1/s1. The zero-order valence-corrected chi connectivity index (χ0v) is 7.38. The normalized spacial score (nSPS) is 39.6. The highest BCUT2D eigenvalue weighted by Crippen LogP contribution is 2.38. The smallest absolute Gasteiger partial charge is 0.308 e. The number of carbonyl (C=O) groups is 1. The molecule has 0 amide bonds. The number of rotatable bonds is 1. The van der Waals surface area contributed by atoms with Crippen molar-refractivity contribution in [3.05, 3.63) is 0 Å². The van der Waals surface area contributed by atoms with Gasteiger partial charge >= 0.3 is 5.97 Å². The van der Waals surface area contributed by atoms with Crippen LogP contribution in [-0.4, -0.2) is 26.2 Å². The Hall–Kier alpha value is -0.570. The van der Waals surface area contributed by atoms with E-state index in [1.165, 1.54) is 13.5 Å². The summed E-state index contributed by atoms with van der Waals surface area (Å²) in [7, 11) is 1.48. The largest absolute Gasteiger partial charge is 0.469 e. The Morgan fingerprint density at radius 1 is 1.42 bits per heavy atom. The fraction of sp³-hybridized carbons (Fsp3) is 0.889. The predicted octanol–water partition coefficient (Wildman–Crippen LogP) is 0.405. The molecule has 2 bridgehead atoms. The topological polar surface area (TPSA) is 38.3 Å². The summed E-state index contributed by atoms with van der Waals surface area (Å²) in [5.74, 6) is 1.42. The molecule has 1 heterocycles. The van der Waals surface area contributed by atoms with E-state index in [-0.39, 0.29) is 11.9 Å². The average molecular weight is 169 g/mol. The number of piperidine rings is 1. The average Bonchev–Trinajstić information content (AvgIpc) is 2.40. The molecule has 3 atom stereocenters. The molecule has 0 spiro atoms. The maximum Gasteiger partial charge on any atom is 0.308 e. The summed E-state index contributed by atoms with van der Waals surface area (Å²) in [5, 5.41) is 3.35. The van der Waals surface area contributed by atoms with Crippen molar-refractivity contribution < 1.29 is 9.53 Å². The van der Waals surface area contributed by atoms with Crippen molar-refractivity contribution in [2.24, 2.45) is 17.8 Å². The van der Waals surface area contributed by atoms with Gasteiger partial charge in [0.1, 0.15) is 0 Å². The van der Waals surface area contributed by atoms with Gasteiger partial charge in [-0.3, -0.25) is 4.79 Å². The molecule has 0 aromatic carbocycles. The Kier molecular flexibility index (Phi) is 2.05. The van der Waals surface area contributed by atoms with Crippen molar-refractivity contribution in [3.63, 3.8) is 0 Å². The highest BCUT2D eigenvalue weighted by Gasteiger charge is 2.41. The Balaban J connectivity index is 2.04. The number of hydrogen-bond acceptors (Lipinski definition) is 3. The first-order valence-electron chi connectivity index (χ1n) is 4.60. The number of carbonyl (C=O) groups excluding carboxylic acids is 1. The number of methoxy groups -OCH3 is 1. The third kappa shape index (κ3) is 1.22. The molecule has 1 N–H and O–H groups in total. The van der Waals surface area contributed by atoms with Gasteiger partial charge in [0, 0.05) is 0 Å². The third-order valence-corrected chi connectivity index (χ3v) is 3.14. The maximum atomic E-state index is 11.3. The fourth-order valence-electron chi connectivity index (χ4n) is 2.55. The molecule has 2 aliphatic rings. The van der Waals surface area contributed by atoms with E-state index in [2.05, 4.69) is 5.32 Å². The molecule has 1 saturated heterocycles. The molecule has 0 unspecified atom stereocenters. The van der Waals surface area contributed by atoms with E-state index in [4.69, 9.17) is 4.74 Å².